The van der Waals surface area contributed by atoms with Crippen molar-refractivity contribution < 1.29 is 9.84 Å². The lowest BCUT2D eigenvalue weighted by Gasteiger charge is -2.03. The molecule has 0 spiro atoms. The van der Waals surface area contributed by atoms with E-state index in [9.17, 15) is 0 Å². The van der Waals surface area contributed by atoms with Gasteiger partial charge in [0, 0.05) is 11.8 Å². The Hall–Kier alpha value is -0.800. The molecular formula is C7H8ClNO2. The molecule has 0 aliphatic rings. The maximum Gasteiger partial charge on any atom is 0.218 e. The number of ether oxygens (including phenoxy) is 1. The summed E-state index contributed by atoms with van der Waals surface area (Å²) >= 11 is 5.62. The molecule has 0 aliphatic carbocycles. The largest absolute Gasteiger partial charge is 0.481 e. The monoisotopic (exact) mass is 173 g/mol. The highest BCUT2D eigenvalue weighted by Gasteiger charge is 2.02. The minimum Gasteiger partial charge on any atom is -0.481 e. The van der Waals surface area contributed by atoms with Gasteiger partial charge in [-0.15, -0.1) is 0 Å². The molecule has 4 heteroatoms. The minimum atomic E-state index is -0.114. The van der Waals surface area contributed by atoms with E-state index in [-0.39, 0.29) is 6.61 Å². The first kappa shape index (κ1) is 8.30. The first-order valence-electron chi connectivity index (χ1n) is 3.07. The average molecular weight is 174 g/mol. The van der Waals surface area contributed by atoms with Crippen molar-refractivity contribution in [3.05, 3.63) is 22.8 Å². The highest BCUT2D eigenvalue weighted by molar-refractivity contribution is 6.30. The molecule has 0 aliphatic heterocycles. The predicted molar refractivity (Wildman–Crippen MR) is 41.7 cm³/mol. The summed E-state index contributed by atoms with van der Waals surface area (Å²) in [6, 6.07) is 1.62. The van der Waals surface area contributed by atoms with Crippen molar-refractivity contribution in [1.82, 2.24) is 4.98 Å². The van der Waals surface area contributed by atoms with Crippen LogP contribution >= 0.6 is 11.6 Å². The van der Waals surface area contributed by atoms with Gasteiger partial charge in [0.05, 0.1) is 18.7 Å². The van der Waals surface area contributed by atoms with Crippen LogP contribution in [0.4, 0.5) is 0 Å². The lowest BCUT2D eigenvalue weighted by Crippen LogP contribution is -1.94. The maximum atomic E-state index is 8.80. The summed E-state index contributed by atoms with van der Waals surface area (Å²) in [7, 11) is 1.50. The molecule has 1 aromatic rings. The number of pyridine rings is 1. The van der Waals surface area contributed by atoms with Crippen molar-refractivity contribution in [2.45, 2.75) is 6.61 Å². The zero-order valence-electron chi connectivity index (χ0n) is 6.04. The normalized spacial score (nSPS) is 9.73. The van der Waals surface area contributed by atoms with Crippen LogP contribution in [0.25, 0.3) is 0 Å². The number of halogens is 1. The van der Waals surface area contributed by atoms with E-state index < -0.39 is 0 Å². The molecule has 1 rings (SSSR count). The Morgan fingerprint density at radius 1 is 1.73 bits per heavy atom. The van der Waals surface area contributed by atoms with Gasteiger partial charge in [-0.05, 0) is 6.07 Å². The molecular weight excluding hydrogens is 166 g/mol. The quantitative estimate of drug-likeness (QED) is 0.732. The molecule has 0 unspecified atom stereocenters. The Morgan fingerprint density at radius 2 is 2.45 bits per heavy atom. The van der Waals surface area contributed by atoms with Crippen LogP contribution in [0.2, 0.25) is 5.02 Å². The number of methoxy groups -OCH3 is 1. The summed E-state index contributed by atoms with van der Waals surface area (Å²) in [6.45, 7) is -0.114. The molecule has 0 aromatic carbocycles. The van der Waals surface area contributed by atoms with Crippen molar-refractivity contribution in [2.24, 2.45) is 0 Å². The van der Waals surface area contributed by atoms with Crippen molar-refractivity contribution >= 4 is 11.6 Å². The van der Waals surface area contributed by atoms with Crippen molar-refractivity contribution in [1.29, 1.82) is 0 Å². The maximum absolute atomic E-state index is 8.80. The van der Waals surface area contributed by atoms with E-state index in [0.717, 1.165) is 0 Å². The minimum absolute atomic E-state index is 0.114. The first-order chi connectivity index (χ1) is 5.27. The molecule has 0 saturated heterocycles. The van der Waals surface area contributed by atoms with Gasteiger partial charge in [-0.25, -0.2) is 4.98 Å². The van der Waals surface area contributed by atoms with E-state index in [1.165, 1.54) is 13.3 Å². The zero-order valence-corrected chi connectivity index (χ0v) is 6.80. The molecule has 1 aromatic heterocycles. The first-order valence-corrected chi connectivity index (χ1v) is 3.45. The molecule has 0 saturated carbocycles. The van der Waals surface area contributed by atoms with Gasteiger partial charge in [0.25, 0.3) is 0 Å². The summed E-state index contributed by atoms with van der Waals surface area (Å²) in [6.07, 6.45) is 1.47. The second-order valence-corrected chi connectivity index (χ2v) is 2.42. The number of rotatable bonds is 2. The SMILES string of the molecule is COc1ncc(Cl)cc1CO. The van der Waals surface area contributed by atoms with Crippen molar-refractivity contribution in [3.63, 3.8) is 0 Å². The lowest BCUT2D eigenvalue weighted by molar-refractivity contribution is 0.271. The number of hydrogen-bond donors (Lipinski definition) is 1. The van der Waals surface area contributed by atoms with Crippen LogP contribution in [-0.4, -0.2) is 17.2 Å². The van der Waals surface area contributed by atoms with Gasteiger partial charge in [0.2, 0.25) is 5.88 Å². The Bertz CT molecular complexity index is 252. The third-order valence-electron chi connectivity index (χ3n) is 1.26. The highest BCUT2D eigenvalue weighted by Crippen LogP contribution is 2.18. The molecule has 1 N–H and O–H groups in total. The lowest BCUT2D eigenvalue weighted by atomic mass is 10.3. The predicted octanol–water partition coefficient (Wildman–Crippen LogP) is 1.24. The summed E-state index contributed by atoms with van der Waals surface area (Å²) in [5.74, 6) is 0.414. The molecule has 0 radical (unpaired) electrons. The Labute approximate surface area is 69.6 Å². The fourth-order valence-electron chi connectivity index (χ4n) is 0.766. The van der Waals surface area contributed by atoms with Gasteiger partial charge >= 0.3 is 0 Å². The smallest absolute Gasteiger partial charge is 0.218 e. The van der Waals surface area contributed by atoms with Crippen LogP contribution < -0.4 is 4.74 Å². The topological polar surface area (TPSA) is 42.4 Å². The number of aromatic nitrogens is 1. The third-order valence-corrected chi connectivity index (χ3v) is 1.46. The van der Waals surface area contributed by atoms with E-state index >= 15 is 0 Å². The van der Waals surface area contributed by atoms with Gasteiger partial charge in [0.15, 0.2) is 0 Å². The van der Waals surface area contributed by atoms with Gasteiger partial charge in [0.1, 0.15) is 0 Å². The summed E-state index contributed by atoms with van der Waals surface area (Å²) in [5.41, 5.74) is 0.597. The fourth-order valence-corrected chi connectivity index (χ4v) is 0.946. The summed E-state index contributed by atoms with van der Waals surface area (Å²) in [5, 5.41) is 9.29. The molecule has 0 amide bonds. The molecule has 0 atom stereocenters. The van der Waals surface area contributed by atoms with Gasteiger partial charge in [-0.1, -0.05) is 11.6 Å². The molecule has 1 heterocycles. The van der Waals surface area contributed by atoms with Crippen molar-refractivity contribution in [3.8, 4) is 5.88 Å². The number of nitrogens with zero attached hydrogens (tertiary/aromatic N) is 1. The number of aliphatic hydroxyl groups is 1. The Morgan fingerprint density at radius 3 is 3.00 bits per heavy atom. The van der Waals surface area contributed by atoms with E-state index in [1.54, 1.807) is 6.07 Å². The number of hydrogen-bond acceptors (Lipinski definition) is 3. The van der Waals surface area contributed by atoms with E-state index in [2.05, 4.69) is 4.98 Å². The average Bonchev–Trinajstić information content (AvgIpc) is 2.04. The van der Waals surface area contributed by atoms with Crippen LogP contribution in [-0.2, 0) is 6.61 Å². The molecule has 0 bridgehead atoms. The van der Waals surface area contributed by atoms with E-state index in [1.807, 2.05) is 0 Å². The van der Waals surface area contributed by atoms with Gasteiger partial charge < -0.3 is 9.84 Å². The van der Waals surface area contributed by atoms with Crippen LogP contribution in [0.3, 0.4) is 0 Å². The van der Waals surface area contributed by atoms with Crippen LogP contribution in [0.5, 0.6) is 5.88 Å². The van der Waals surface area contributed by atoms with Crippen LogP contribution in [0.1, 0.15) is 5.56 Å². The summed E-state index contributed by atoms with van der Waals surface area (Å²) < 4.78 is 4.86. The van der Waals surface area contributed by atoms with Crippen LogP contribution in [0, 0.1) is 0 Å². The van der Waals surface area contributed by atoms with Crippen molar-refractivity contribution in [2.75, 3.05) is 7.11 Å². The standard InChI is InChI=1S/C7H8ClNO2/c1-11-7-5(4-10)2-6(8)3-9-7/h2-3,10H,4H2,1H3. The van der Waals surface area contributed by atoms with Gasteiger partial charge in [-0.3, -0.25) is 0 Å². The summed E-state index contributed by atoms with van der Waals surface area (Å²) in [4.78, 5) is 3.85. The molecule has 60 valence electrons. The Kier molecular flexibility index (Phi) is 2.68. The van der Waals surface area contributed by atoms with Gasteiger partial charge in [-0.2, -0.15) is 0 Å². The second-order valence-electron chi connectivity index (χ2n) is 1.98. The highest BCUT2D eigenvalue weighted by atomic mass is 35.5. The number of aliphatic hydroxyl groups excluding tert-OH is 1. The van der Waals surface area contributed by atoms with E-state index in [4.69, 9.17) is 21.4 Å². The molecule has 0 fully saturated rings. The zero-order chi connectivity index (χ0) is 8.27. The van der Waals surface area contributed by atoms with Crippen LogP contribution in [0.15, 0.2) is 12.3 Å². The fraction of sp³-hybridized carbons (Fsp3) is 0.286. The van der Waals surface area contributed by atoms with E-state index in [0.29, 0.717) is 16.5 Å². The second kappa shape index (κ2) is 3.55. The molecule has 3 nitrogen and oxygen atoms in total. The molecule has 11 heavy (non-hydrogen) atoms. The third kappa shape index (κ3) is 1.82. The Balaban J connectivity index is 3.06.